The molecule has 0 aliphatic carbocycles. The van der Waals surface area contributed by atoms with E-state index in [2.05, 4.69) is 5.32 Å². The average Bonchev–Trinajstić information content (AvgIpc) is 2.28. The molecule has 2 aliphatic heterocycles. The molecule has 1 amide bonds. The van der Waals surface area contributed by atoms with Crippen LogP contribution in [0.3, 0.4) is 0 Å². The van der Waals surface area contributed by atoms with Crippen LogP contribution in [0.25, 0.3) is 0 Å². The van der Waals surface area contributed by atoms with Crippen LogP contribution in [0.2, 0.25) is 0 Å². The standard InChI is InChI=1S/C10H15F3N2O3S/c1-9(2)8(16)15(19(9,17)18)6-3-4-7(14-5-6)10(11,12)13/h6-7,14H,3-5H2,1-2H3. The number of rotatable bonds is 1. The Bertz CT molecular complexity index is 493. The summed E-state index contributed by atoms with van der Waals surface area (Å²) in [6, 6.07) is -2.35. The van der Waals surface area contributed by atoms with Crippen LogP contribution in [-0.2, 0) is 14.8 Å². The number of amides is 1. The van der Waals surface area contributed by atoms with Gasteiger partial charge >= 0.3 is 6.18 Å². The van der Waals surface area contributed by atoms with Crippen molar-refractivity contribution in [3.8, 4) is 0 Å². The predicted octanol–water partition coefficient (Wildman–Crippen LogP) is 0.620. The van der Waals surface area contributed by atoms with Crippen molar-refractivity contribution in [1.29, 1.82) is 0 Å². The Labute approximate surface area is 109 Å². The zero-order valence-electron chi connectivity index (χ0n) is 10.5. The van der Waals surface area contributed by atoms with E-state index in [-0.39, 0.29) is 19.4 Å². The molecule has 2 fully saturated rings. The van der Waals surface area contributed by atoms with Crippen molar-refractivity contribution in [2.75, 3.05) is 6.54 Å². The molecule has 2 atom stereocenters. The lowest BCUT2D eigenvalue weighted by Gasteiger charge is -2.48. The molecule has 2 saturated heterocycles. The monoisotopic (exact) mass is 300 g/mol. The molecular formula is C10H15F3N2O3S. The van der Waals surface area contributed by atoms with E-state index < -0.39 is 38.9 Å². The van der Waals surface area contributed by atoms with E-state index in [9.17, 15) is 26.4 Å². The molecule has 2 heterocycles. The first-order valence-electron chi connectivity index (χ1n) is 5.88. The van der Waals surface area contributed by atoms with Gasteiger partial charge in [-0.2, -0.15) is 13.2 Å². The maximum atomic E-state index is 12.5. The highest BCUT2D eigenvalue weighted by atomic mass is 32.2. The largest absolute Gasteiger partial charge is 0.403 e. The van der Waals surface area contributed by atoms with Gasteiger partial charge in [-0.15, -0.1) is 0 Å². The summed E-state index contributed by atoms with van der Waals surface area (Å²) < 4.78 is 60.5. The number of piperidine rings is 1. The van der Waals surface area contributed by atoms with Gasteiger partial charge in [-0.25, -0.2) is 12.7 Å². The molecule has 1 N–H and O–H groups in total. The predicted molar refractivity (Wildman–Crippen MR) is 60.7 cm³/mol. The summed E-state index contributed by atoms with van der Waals surface area (Å²) in [5, 5.41) is 2.26. The van der Waals surface area contributed by atoms with Crippen molar-refractivity contribution >= 4 is 15.9 Å². The SMILES string of the molecule is CC1(C)C(=O)N(C2CCC(C(F)(F)F)NC2)S1(=O)=O. The van der Waals surface area contributed by atoms with E-state index in [1.165, 1.54) is 13.8 Å². The number of hydrogen-bond donors (Lipinski definition) is 1. The third kappa shape index (κ3) is 2.03. The number of halogens is 3. The first kappa shape index (κ1) is 14.6. The van der Waals surface area contributed by atoms with Crippen molar-refractivity contribution in [2.24, 2.45) is 0 Å². The molecule has 0 aromatic carbocycles. The molecule has 2 unspecified atom stereocenters. The Morgan fingerprint density at radius 1 is 1.32 bits per heavy atom. The summed E-state index contributed by atoms with van der Waals surface area (Å²) in [6.45, 7) is 2.44. The van der Waals surface area contributed by atoms with Gasteiger partial charge in [0, 0.05) is 6.54 Å². The van der Waals surface area contributed by atoms with Crippen molar-refractivity contribution < 1.29 is 26.4 Å². The fourth-order valence-electron chi connectivity index (χ4n) is 2.37. The van der Waals surface area contributed by atoms with E-state index in [0.717, 1.165) is 4.31 Å². The second-order valence-corrected chi connectivity index (χ2v) is 7.71. The maximum absolute atomic E-state index is 12.5. The molecule has 0 spiro atoms. The molecule has 5 nitrogen and oxygen atoms in total. The smallest absolute Gasteiger partial charge is 0.304 e. The van der Waals surface area contributed by atoms with Crippen LogP contribution in [0.1, 0.15) is 26.7 Å². The van der Waals surface area contributed by atoms with E-state index in [1.54, 1.807) is 0 Å². The maximum Gasteiger partial charge on any atom is 0.403 e. The molecule has 2 rings (SSSR count). The number of carbonyl (C=O) groups excluding carboxylic acids is 1. The van der Waals surface area contributed by atoms with Gasteiger partial charge in [-0.1, -0.05) is 0 Å². The minimum absolute atomic E-state index is 0.0260. The molecule has 0 bridgehead atoms. The molecule has 9 heteroatoms. The lowest BCUT2D eigenvalue weighted by atomic mass is 9.99. The van der Waals surface area contributed by atoms with E-state index >= 15 is 0 Å². The fraction of sp³-hybridized carbons (Fsp3) is 0.900. The molecular weight excluding hydrogens is 285 g/mol. The van der Waals surface area contributed by atoms with Crippen LogP contribution in [-0.4, -0.2) is 48.2 Å². The summed E-state index contributed by atoms with van der Waals surface area (Å²) >= 11 is 0. The second-order valence-electron chi connectivity index (χ2n) is 5.35. The molecule has 0 saturated carbocycles. The van der Waals surface area contributed by atoms with E-state index in [4.69, 9.17) is 0 Å². The lowest BCUT2D eigenvalue weighted by Crippen LogP contribution is -2.72. The van der Waals surface area contributed by atoms with Crippen LogP contribution >= 0.6 is 0 Å². The van der Waals surface area contributed by atoms with Crippen molar-refractivity contribution in [3.05, 3.63) is 0 Å². The average molecular weight is 300 g/mol. The van der Waals surface area contributed by atoms with Crippen molar-refractivity contribution in [3.63, 3.8) is 0 Å². The van der Waals surface area contributed by atoms with Crippen LogP contribution in [0.15, 0.2) is 0 Å². The van der Waals surface area contributed by atoms with E-state index in [1.807, 2.05) is 0 Å². The normalized spacial score (nSPS) is 33.9. The third-order valence-corrected chi connectivity index (χ3v) is 6.18. The minimum atomic E-state index is -4.35. The quantitative estimate of drug-likeness (QED) is 0.771. The minimum Gasteiger partial charge on any atom is -0.304 e. The van der Waals surface area contributed by atoms with Crippen LogP contribution in [0, 0.1) is 0 Å². The molecule has 0 aromatic heterocycles. The van der Waals surface area contributed by atoms with Gasteiger partial charge in [0.25, 0.3) is 15.9 Å². The number of nitrogens with zero attached hydrogens (tertiary/aromatic N) is 1. The van der Waals surface area contributed by atoms with Crippen molar-refractivity contribution in [2.45, 2.75) is 49.7 Å². The summed E-state index contributed by atoms with van der Waals surface area (Å²) in [4.78, 5) is 11.8. The Morgan fingerprint density at radius 3 is 2.26 bits per heavy atom. The summed E-state index contributed by atoms with van der Waals surface area (Å²) in [5.41, 5.74) is 0. The van der Waals surface area contributed by atoms with Gasteiger partial charge in [0.15, 0.2) is 4.75 Å². The fourth-order valence-corrected chi connectivity index (χ4v) is 4.07. The Morgan fingerprint density at radius 2 is 1.89 bits per heavy atom. The summed E-state index contributed by atoms with van der Waals surface area (Å²) in [6.07, 6.45) is -4.55. The van der Waals surface area contributed by atoms with Gasteiger partial charge in [0.2, 0.25) is 0 Å². The van der Waals surface area contributed by atoms with Gasteiger partial charge < -0.3 is 5.32 Å². The van der Waals surface area contributed by atoms with Crippen LogP contribution in [0.4, 0.5) is 13.2 Å². The number of nitrogens with one attached hydrogen (secondary N) is 1. The first-order valence-corrected chi connectivity index (χ1v) is 7.32. The summed E-state index contributed by atoms with van der Waals surface area (Å²) in [5.74, 6) is -0.551. The molecule has 0 aromatic rings. The zero-order chi connectivity index (χ0) is 14.6. The van der Waals surface area contributed by atoms with Crippen LogP contribution in [0.5, 0.6) is 0 Å². The second kappa shape index (κ2) is 4.08. The Balaban J connectivity index is 2.07. The van der Waals surface area contributed by atoms with Gasteiger partial charge in [-0.3, -0.25) is 4.79 Å². The first-order chi connectivity index (χ1) is 8.49. The number of alkyl halides is 3. The highest BCUT2D eigenvalue weighted by Gasteiger charge is 2.62. The molecule has 2 aliphatic rings. The highest BCUT2D eigenvalue weighted by molar-refractivity contribution is 7.94. The third-order valence-electron chi connectivity index (χ3n) is 3.73. The Hall–Kier alpha value is -0.830. The van der Waals surface area contributed by atoms with Gasteiger partial charge in [-0.05, 0) is 26.7 Å². The zero-order valence-corrected chi connectivity index (χ0v) is 11.3. The number of sulfonamides is 1. The lowest BCUT2D eigenvalue weighted by molar-refractivity contribution is -0.162. The van der Waals surface area contributed by atoms with Gasteiger partial charge in [0.05, 0.1) is 6.04 Å². The van der Waals surface area contributed by atoms with Gasteiger partial charge in [0.1, 0.15) is 6.04 Å². The molecule has 110 valence electrons. The molecule has 19 heavy (non-hydrogen) atoms. The number of hydrogen-bond acceptors (Lipinski definition) is 4. The molecule has 0 radical (unpaired) electrons. The van der Waals surface area contributed by atoms with E-state index in [0.29, 0.717) is 0 Å². The topological polar surface area (TPSA) is 66.5 Å². The number of carbonyl (C=O) groups is 1. The van der Waals surface area contributed by atoms with Crippen LogP contribution < -0.4 is 5.32 Å². The van der Waals surface area contributed by atoms with Crippen molar-refractivity contribution in [1.82, 2.24) is 9.62 Å². The highest BCUT2D eigenvalue weighted by Crippen LogP contribution is 2.39. The summed E-state index contributed by atoms with van der Waals surface area (Å²) in [7, 11) is -3.74. The Kier molecular flexibility index (Phi) is 3.13.